The van der Waals surface area contributed by atoms with Gasteiger partial charge in [0.2, 0.25) is 11.8 Å². The molecule has 0 bridgehead atoms. The molecule has 1 saturated carbocycles. The maximum atomic E-state index is 14.2. The second-order valence-corrected chi connectivity index (χ2v) is 13.7. The van der Waals surface area contributed by atoms with Crippen LogP contribution in [0.2, 0.25) is 10.0 Å². The van der Waals surface area contributed by atoms with Crippen LogP contribution in [0.1, 0.15) is 54.9 Å². The number of hydrogen-bond acceptors (Lipinski definition) is 4. The van der Waals surface area contributed by atoms with Gasteiger partial charge in [0.15, 0.2) is 0 Å². The van der Waals surface area contributed by atoms with Gasteiger partial charge >= 0.3 is 0 Å². The van der Waals surface area contributed by atoms with Crippen LogP contribution in [-0.4, -0.2) is 43.8 Å². The Labute approximate surface area is 258 Å². The van der Waals surface area contributed by atoms with Crippen LogP contribution >= 0.6 is 23.2 Å². The van der Waals surface area contributed by atoms with E-state index in [1.807, 2.05) is 32.9 Å². The number of benzene rings is 3. The lowest BCUT2D eigenvalue weighted by molar-refractivity contribution is -0.139. The van der Waals surface area contributed by atoms with Crippen LogP contribution in [0.4, 0.5) is 5.69 Å². The molecule has 224 valence electrons. The Kier molecular flexibility index (Phi) is 10.2. The maximum Gasteiger partial charge on any atom is 0.264 e. The fraction of sp³-hybridized carbons (Fsp3) is 0.375. The topological polar surface area (TPSA) is 86.8 Å². The predicted molar refractivity (Wildman–Crippen MR) is 168 cm³/mol. The largest absolute Gasteiger partial charge is 0.352 e. The number of rotatable bonds is 10. The molecule has 0 radical (unpaired) electrons. The zero-order chi connectivity index (χ0) is 30.6. The average molecular weight is 631 g/mol. The van der Waals surface area contributed by atoms with E-state index in [0.29, 0.717) is 26.9 Å². The van der Waals surface area contributed by atoms with Crippen molar-refractivity contribution in [1.82, 2.24) is 10.2 Å². The minimum atomic E-state index is -4.16. The number of carbonyl (C=O) groups excluding carboxylic acids is 2. The summed E-state index contributed by atoms with van der Waals surface area (Å²) < 4.78 is 29.3. The first-order valence-electron chi connectivity index (χ1n) is 14.1. The molecule has 3 aromatic rings. The van der Waals surface area contributed by atoms with Crippen molar-refractivity contribution >= 4 is 50.7 Å². The average Bonchev–Trinajstić information content (AvgIpc) is 3.45. The lowest BCUT2D eigenvalue weighted by Crippen LogP contribution is -2.52. The molecule has 1 aliphatic carbocycles. The van der Waals surface area contributed by atoms with Gasteiger partial charge in [-0.2, -0.15) is 0 Å². The summed E-state index contributed by atoms with van der Waals surface area (Å²) in [5.41, 5.74) is 3.43. The SMILES string of the molecule is Cc1ccc(S(=O)(=O)N(CC(=O)N(Cc2c(Cl)cccc2Cl)[C@@H](C)C(=O)NC2CCCC2)c2ccc(C)cc2C)cc1. The van der Waals surface area contributed by atoms with E-state index in [1.54, 1.807) is 43.3 Å². The highest BCUT2D eigenvalue weighted by Gasteiger charge is 2.34. The lowest BCUT2D eigenvalue weighted by atomic mass is 10.1. The number of nitrogens with one attached hydrogen (secondary N) is 1. The molecule has 2 amide bonds. The Hall–Kier alpha value is -3.07. The van der Waals surface area contributed by atoms with Crippen molar-refractivity contribution in [3.63, 3.8) is 0 Å². The Morgan fingerprint density at radius 3 is 2.12 bits per heavy atom. The molecule has 42 heavy (non-hydrogen) atoms. The van der Waals surface area contributed by atoms with E-state index in [-0.39, 0.29) is 23.4 Å². The molecule has 1 fully saturated rings. The number of amides is 2. The lowest BCUT2D eigenvalue weighted by Gasteiger charge is -2.33. The van der Waals surface area contributed by atoms with Gasteiger partial charge in [-0.1, -0.05) is 77.5 Å². The Bertz CT molecular complexity index is 1530. The fourth-order valence-electron chi connectivity index (χ4n) is 5.26. The zero-order valence-electron chi connectivity index (χ0n) is 24.4. The standard InChI is InChI=1S/C32H37Cl2N3O4S/c1-21-12-15-26(16-13-21)42(40,41)37(30-17-14-22(2)18-23(30)3)20-31(38)36(19-27-28(33)10-7-11-29(27)34)24(4)32(39)35-25-8-5-6-9-25/h7,10-18,24-25H,5-6,8-9,19-20H2,1-4H3,(H,35,39)/t24-/m0/s1. The molecule has 0 saturated heterocycles. The van der Waals surface area contributed by atoms with Gasteiger partial charge < -0.3 is 10.2 Å². The van der Waals surface area contributed by atoms with Crippen molar-refractivity contribution in [1.29, 1.82) is 0 Å². The van der Waals surface area contributed by atoms with Gasteiger partial charge in [0.25, 0.3) is 10.0 Å². The molecule has 0 aromatic heterocycles. The van der Waals surface area contributed by atoms with E-state index >= 15 is 0 Å². The summed E-state index contributed by atoms with van der Waals surface area (Å²) >= 11 is 12.9. The summed E-state index contributed by atoms with van der Waals surface area (Å²) in [4.78, 5) is 29.0. The van der Waals surface area contributed by atoms with Gasteiger partial charge in [-0.3, -0.25) is 13.9 Å². The molecule has 0 spiro atoms. The van der Waals surface area contributed by atoms with Crippen LogP contribution in [0.5, 0.6) is 0 Å². The highest BCUT2D eigenvalue weighted by atomic mass is 35.5. The van der Waals surface area contributed by atoms with Crippen LogP contribution in [0.15, 0.2) is 65.6 Å². The predicted octanol–water partition coefficient (Wildman–Crippen LogP) is 6.59. The molecule has 1 atom stereocenters. The maximum absolute atomic E-state index is 14.2. The third-order valence-electron chi connectivity index (χ3n) is 7.77. The van der Waals surface area contributed by atoms with Gasteiger partial charge in [0.05, 0.1) is 10.6 Å². The van der Waals surface area contributed by atoms with Crippen LogP contribution in [0.25, 0.3) is 0 Å². The van der Waals surface area contributed by atoms with Crippen LogP contribution in [0.3, 0.4) is 0 Å². The molecule has 10 heteroatoms. The van der Waals surface area contributed by atoms with Gasteiger partial charge in [-0.25, -0.2) is 8.42 Å². The summed E-state index contributed by atoms with van der Waals surface area (Å²) in [5, 5.41) is 3.76. The van der Waals surface area contributed by atoms with Crippen molar-refractivity contribution < 1.29 is 18.0 Å². The highest BCUT2D eigenvalue weighted by Crippen LogP contribution is 2.30. The van der Waals surface area contributed by atoms with E-state index in [9.17, 15) is 18.0 Å². The first-order chi connectivity index (χ1) is 19.9. The van der Waals surface area contributed by atoms with Crippen molar-refractivity contribution in [3.05, 3.63) is 93.0 Å². The normalized spacial score (nSPS) is 14.4. The van der Waals surface area contributed by atoms with Crippen molar-refractivity contribution in [3.8, 4) is 0 Å². The fourth-order valence-corrected chi connectivity index (χ4v) is 7.26. The monoisotopic (exact) mass is 629 g/mol. The van der Waals surface area contributed by atoms with Gasteiger partial charge in [-0.15, -0.1) is 0 Å². The minimum Gasteiger partial charge on any atom is -0.352 e. The zero-order valence-corrected chi connectivity index (χ0v) is 26.7. The van der Waals surface area contributed by atoms with Crippen molar-refractivity contribution in [2.75, 3.05) is 10.8 Å². The Morgan fingerprint density at radius 1 is 0.929 bits per heavy atom. The summed E-state index contributed by atoms with van der Waals surface area (Å²) in [7, 11) is -4.16. The molecular weight excluding hydrogens is 593 g/mol. The quantitative estimate of drug-likeness (QED) is 0.274. The third kappa shape index (κ3) is 7.28. The molecule has 4 rings (SSSR count). The first kappa shape index (κ1) is 31.9. The van der Waals surface area contributed by atoms with Crippen LogP contribution < -0.4 is 9.62 Å². The van der Waals surface area contributed by atoms with E-state index in [1.165, 1.54) is 17.0 Å². The smallest absolute Gasteiger partial charge is 0.264 e. The number of hydrogen-bond donors (Lipinski definition) is 1. The first-order valence-corrected chi connectivity index (χ1v) is 16.3. The van der Waals surface area contributed by atoms with Gasteiger partial charge in [0, 0.05) is 28.2 Å². The van der Waals surface area contributed by atoms with Gasteiger partial charge in [0.1, 0.15) is 12.6 Å². The molecule has 0 aliphatic heterocycles. The summed E-state index contributed by atoms with van der Waals surface area (Å²) in [6, 6.07) is 16.1. The van der Waals surface area contributed by atoms with Crippen molar-refractivity contribution in [2.45, 2.75) is 76.9 Å². The summed E-state index contributed by atoms with van der Waals surface area (Å²) in [6.07, 6.45) is 3.86. The molecule has 7 nitrogen and oxygen atoms in total. The summed E-state index contributed by atoms with van der Waals surface area (Å²) in [6.45, 7) is 6.65. The number of anilines is 1. The van der Waals surface area contributed by atoms with E-state index in [0.717, 1.165) is 41.1 Å². The second-order valence-electron chi connectivity index (χ2n) is 11.0. The number of nitrogens with zero attached hydrogens (tertiary/aromatic N) is 2. The Morgan fingerprint density at radius 2 is 1.52 bits per heavy atom. The molecule has 1 aliphatic rings. The van der Waals surface area contributed by atoms with Gasteiger partial charge in [-0.05, 0) is 76.4 Å². The molecule has 0 unspecified atom stereocenters. The van der Waals surface area contributed by atoms with E-state index < -0.39 is 28.5 Å². The molecular formula is C32H37Cl2N3O4S. The van der Waals surface area contributed by atoms with Crippen molar-refractivity contribution in [2.24, 2.45) is 0 Å². The summed E-state index contributed by atoms with van der Waals surface area (Å²) in [5.74, 6) is -0.867. The molecule has 0 heterocycles. The number of aryl methyl sites for hydroxylation is 3. The van der Waals surface area contributed by atoms with Crippen LogP contribution in [-0.2, 0) is 26.2 Å². The van der Waals surface area contributed by atoms with E-state index in [4.69, 9.17) is 23.2 Å². The van der Waals surface area contributed by atoms with Crippen LogP contribution in [0, 0.1) is 20.8 Å². The number of sulfonamides is 1. The molecule has 1 N–H and O–H groups in total. The third-order valence-corrected chi connectivity index (χ3v) is 10.3. The van der Waals surface area contributed by atoms with E-state index in [2.05, 4.69) is 5.32 Å². The minimum absolute atomic E-state index is 0.0504. The Balaban J connectivity index is 1.74. The number of halogens is 2. The highest BCUT2D eigenvalue weighted by molar-refractivity contribution is 7.92. The number of carbonyl (C=O) groups is 2. The second kappa shape index (κ2) is 13.5. The molecule has 3 aromatic carbocycles.